The van der Waals surface area contributed by atoms with Crippen LogP contribution in [-0.4, -0.2) is 5.97 Å². The first-order valence-electron chi connectivity index (χ1n) is 10.2. The molecule has 1 aliphatic rings. The number of halogens is 2. The Bertz CT molecular complexity index is 1530. The van der Waals surface area contributed by atoms with Crippen molar-refractivity contribution in [3.63, 3.8) is 0 Å². The number of furan rings is 1. The maximum Gasteiger partial charge on any atom is 0.379 e. The van der Waals surface area contributed by atoms with Crippen molar-refractivity contribution in [1.82, 2.24) is 0 Å². The lowest BCUT2D eigenvalue weighted by Gasteiger charge is -2.26. The second-order valence-corrected chi connectivity index (χ2v) is 7.76. The fraction of sp³-hybridized carbons (Fsp3) is 0.0769. The van der Waals surface area contributed by atoms with Gasteiger partial charge < -0.3 is 19.6 Å². The lowest BCUT2D eigenvalue weighted by Crippen LogP contribution is -2.21. The number of carbonyl (C=O) groups excluding carboxylic acids is 1. The number of ether oxygens (including phenoxy) is 2. The molecule has 0 saturated carbocycles. The van der Waals surface area contributed by atoms with Crippen LogP contribution in [0.5, 0.6) is 11.5 Å². The summed E-state index contributed by atoms with van der Waals surface area (Å²) in [6, 6.07) is 16.4. The number of fused-ring (bicyclic) bond motifs is 2. The van der Waals surface area contributed by atoms with Crippen LogP contribution in [0.15, 0.2) is 76.5 Å². The third kappa shape index (κ3) is 3.53. The summed E-state index contributed by atoms with van der Waals surface area (Å²) in [5, 5.41) is 10.1. The number of hydrogen-bond acceptors (Lipinski definition) is 6. The first kappa shape index (κ1) is 21.2. The highest BCUT2D eigenvalue weighted by atomic mass is 19.1. The highest BCUT2D eigenvalue weighted by Gasteiger charge is 2.31. The molecule has 1 unspecified atom stereocenters. The molecule has 168 valence electrons. The fourth-order valence-corrected chi connectivity index (χ4v) is 4.04. The minimum Gasteiger partial charge on any atom is -0.449 e. The minimum absolute atomic E-state index is 0.0467. The predicted octanol–water partition coefficient (Wildman–Crippen LogP) is 5.46. The van der Waals surface area contributed by atoms with Crippen molar-refractivity contribution < 1.29 is 27.5 Å². The van der Waals surface area contributed by atoms with Crippen molar-refractivity contribution in [3.05, 3.63) is 106 Å². The topological polar surface area (TPSA) is 98.5 Å². The lowest BCUT2D eigenvalue weighted by atomic mass is 9.83. The number of rotatable bonds is 3. The summed E-state index contributed by atoms with van der Waals surface area (Å²) in [7, 11) is 0. The molecule has 1 aromatic heterocycles. The molecule has 2 heterocycles. The first-order chi connectivity index (χ1) is 16.4. The summed E-state index contributed by atoms with van der Waals surface area (Å²) in [6.07, 6.45) is 0. The van der Waals surface area contributed by atoms with Gasteiger partial charge in [-0.3, -0.25) is 0 Å². The summed E-state index contributed by atoms with van der Waals surface area (Å²) in [6.45, 7) is 1.64. The van der Waals surface area contributed by atoms with Gasteiger partial charge in [0.1, 0.15) is 40.4 Å². The average molecular weight is 458 g/mol. The van der Waals surface area contributed by atoms with Gasteiger partial charge in [0, 0.05) is 22.6 Å². The van der Waals surface area contributed by atoms with Crippen LogP contribution in [0.25, 0.3) is 11.0 Å². The molecule has 0 amide bonds. The van der Waals surface area contributed by atoms with E-state index in [4.69, 9.17) is 19.6 Å². The molecule has 5 rings (SSSR count). The number of carbonyl (C=O) groups is 1. The summed E-state index contributed by atoms with van der Waals surface area (Å²) in [5.74, 6) is -1.88. The molecule has 34 heavy (non-hydrogen) atoms. The number of hydrogen-bond donors (Lipinski definition) is 1. The Morgan fingerprint density at radius 2 is 1.79 bits per heavy atom. The van der Waals surface area contributed by atoms with E-state index in [1.165, 1.54) is 36.4 Å². The normalized spacial score (nSPS) is 14.9. The van der Waals surface area contributed by atoms with Gasteiger partial charge in [-0.15, -0.1) is 0 Å². The van der Waals surface area contributed by atoms with E-state index in [0.29, 0.717) is 33.4 Å². The molecular formula is C26H16F2N2O4. The zero-order chi connectivity index (χ0) is 24.0. The van der Waals surface area contributed by atoms with Gasteiger partial charge in [-0.2, -0.15) is 5.26 Å². The summed E-state index contributed by atoms with van der Waals surface area (Å²) in [5.41, 5.74) is 8.25. The highest BCUT2D eigenvalue weighted by Crippen LogP contribution is 2.43. The Balaban J connectivity index is 1.49. The fourth-order valence-electron chi connectivity index (χ4n) is 4.04. The maximum absolute atomic E-state index is 13.6. The Morgan fingerprint density at radius 1 is 1.06 bits per heavy atom. The van der Waals surface area contributed by atoms with Crippen LogP contribution >= 0.6 is 0 Å². The van der Waals surface area contributed by atoms with Crippen LogP contribution < -0.4 is 15.2 Å². The smallest absolute Gasteiger partial charge is 0.379 e. The number of allylic oxidation sites excluding steroid dienone is 1. The predicted molar refractivity (Wildman–Crippen MR) is 118 cm³/mol. The van der Waals surface area contributed by atoms with Gasteiger partial charge in [-0.25, -0.2) is 13.6 Å². The number of nitrogens with zero attached hydrogens (tertiary/aromatic N) is 1. The zero-order valence-corrected chi connectivity index (χ0v) is 17.8. The van der Waals surface area contributed by atoms with Gasteiger partial charge >= 0.3 is 5.97 Å². The highest BCUT2D eigenvalue weighted by molar-refractivity contribution is 5.96. The molecule has 3 aromatic carbocycles. The van der Waals surface area contributed by atoms with E-state index >= 15 is 0 Å². The first-order valence-corrected chi connectivity index (χ1v) is 10.2. The Morgan fingerprint density at radius 3 is 2.53 bits per heavy atom. The third-order valence-electron chi connectivity index (χ3n) is 5.69. The summed E-state index contributed by atoms with van der Waals surface area (Å²) < 4.78 is 43.7. The molecule has 2 N–H and O–H groups in total. The van der Waals surface area contributed by atoms with E-state index in [-0.39, 0.29) is 23.0 Å². The molecule has 0 bridgehead atoms. The van der Waals surface area contributed by atoms with E-state index in [1.807, 2.05) is 0 Å². The molecular weight excluding hydrogens is 442 g/mol. The Hall–Kier alpha value is -4.64. The molecule has 0 aliphatic carbocycles. The molecule has 0 spiro atoms. The molecule has 4 aromatic rings. The van der Waals surface area contributed by atoms with Crippen molar-refractivity contribution in [2.24, 2.45) is 5.73 Å². The number of aryl methyl sites for hydroxylation is 1. The second-order valence-electron chi connectivity index (χ2n) is 7.76. The number of esters is 1. The third-order valence-corrected chi connectivity index (χ3v) is 5.69. The molecule has 1 aliphatic heterocycles. The van der Waals surface area contributed by atoms with Crippen LogP contribution in [-0.2, 0) is 0 Å². The van der Waals surface area contributed by atoms with Crippen LogP contribution in [0.1, 0.15) is 33.2 Å². The van der Waals surface area contributed by atoms with Crippen molar-refractivity contribution in [2.45, 2.75) is 12.8 Å². The quantitative estimate of drug-likeness (QED) is 0.324. The molecule has 0 radical (unpaired) electrons. The van der Waals surface area contributed by atoms with Gasteiger partial charge in [-0.05, 0) is 48.9 Å². The molecule has 8 heteroatoms. The van der Waals surface area contributed by atoms with Crippen molar-refractivity contribution in [3.8, 4) is 17.6 Å². The van der Waals surface area contributed by atoms with Crippen molar-refractivity contribution in [1.29, 1.82) is 5.26 Å². The molecule has 1 atom stereocenters. The molecule has 0 fully saturated rings. The van der Waals surface area contributed by atoms with Crippen LogP contribution in [0.3, 0.4) is 0 Å². The monoisotopic (exact) mass is 458 g/mol. The van der Waals surface area contributed by atoms with E-state index in [1.54, 1.807) is 31.2 Å². The van der Waals surface area contributed by atoms with E-state index < -0.39 is 23.5 Å². The van der Waals surface area contributed by atoms with Gasteiger partial charge in [-0.1, -0.05) is 18.2 Å². The maximum atomic E-state index is 13.6. The standard InChI is InChI=1S/C26H16F2N2O4/c1-13-19-10-16(28)6-9-21(19)33-24(13)26(31)32-17-7-8-18-22(11-17)34-25(30)20(12-29)23(18)14-2-4-15(27)5-3-14/h2-11,23H,30H2,1H3. The SMILES string of the molecule is Cc1c(C(=O)Oc2ccc3c(c2)OC(N)=C(C#N)C3c2ccc(F)cc2)oc2ccc(F)cc12. The average Bonchev–Trinajstić information content (AvgIpc) is 3.14. The van der Waals surface area contributed by atoms with Gasteiger partial charge in [0.2, 0.25) is 11.6 Å². The Kier molecular flexibility index (Phi) is 5.02. The van der Waals surface area contributed by atoms with Crippen LogP contribution in [0.4, 0.5) is 8.78 Å². The number of nitrogens with two attached hydrogens (primary N) is 1. The summed E-state index contributed by atoms with van der Waals surface area (Å²) in [4.78, 5) is 12.8. The lowest BCUT2D eigenvalue weighted by molar-refractivity contribution is 0.0702. The number of nitriles is 1. The van der Waals surface area contributed by atoms with E-state index in [2.05, 4.69) is 6.07 Å². The van der Waals surface area contributed by atoms with Gasteiger partial charge in [0.05, 0.1) is 5.92 Å². The Labute approximate surface area is 192 Å². The number of benzene rings is 3. The van der Waals surface area contributed by atoms with Gasteiger partial charge in [0.25, 0.3) is 0 Å². The van der Waals surface area contributed by atoms with Crippen molar-refractivity contribution in [2.75, 3.05) is 0 Å². The van der Waals surface area contributed by atoms with Crippen LogP contribution in [0, 0.1) is 29.9 Å². The second kappa shape index (κ2) is 8.05. The van der Waals surface area contributed by atoms with Crippen molar-refractivity contribution >= 4 is 16.9 Å². The van der Waals surface area contributed by atoms with E-state index in [0.717, 1.165) is 0 Å². The minimum atomic E-state index is -0.763. The molecule has 6 nitrogen and oxygen atoms in total. The van der Waals surface area contributed by atoms with Gasteiger partial charge in [0.15, 0.2) is 0 Å². The largest absolute Gasteiger partial charge is 0.449 e. The van der Waals surface area contributed by atoms with Crippen LogP contribution in [0.2, 0.25) is 0 Å². The summed E-state index contributed by atoms with van der Waals surface area (Å²) >= 11 is 0. The zero-order valence-electron chi connectivity index (χ0n) is 17.8. The van der Waals surface area contributed by atoms with E-state index in [9.17, 15) is 18.8 Å². The molecule has 0 saturated heterocycles.